The Kier molecular flexibility index (Phi) is 6.10. The van der Waals surface area contributed by atoms with Gasteiger partial charge in [-0.05, 0) is 23.8 Å². The van der Waals surface area contributed by atoms with Crippen LogP contribution in [-0.2, 0) is 4.79 Å². The van der Waals surface area contributed by atoms with Gasteiger partial charge in [-0.2, -0.15) is 0 Å². The molecule has 0 saturated carbocycles. The quantitative estimate of drug-likeness (QED) is 0.219. The molecule has 3 aromatic carbocycles. The first-order valence-corrected chi connectivity index (χ1v) is 8.63. The Hall–Kier alpha value is -3.72. The van der Waals surface area contributed by atoms with Crippen LogP contribution in [-0.4, -0.2) is 11.7 Å². The Morgan fingerprint density at radius 3 is 1.89 bits per heavy atom. The minimum atomic E-state index is -0.437. The number of benzene rings is 3. The normalized spacial score (nSPS) is 11.3. The van der Waals surface area contributed by atoms with Crippen LogP contribution >= 0.6 is 0 Å². The van der Waals surface area contributed by atoms with E-state index in [4.69, 9.17) is 0 Å². The number of allylic oxidation sites excluding steroid dienone is 2. The van der Waals surface area contributed by atoms with Gasteiger partial charge < -0.3 is 5.32 Å². The van der Waals surface area contributed by atoms with Crippen molar-refractivity contribution in [3.05, 3.63) is 120 Å². The number of anilines is 1. The fourth-order valence-electron chi connectivity index (χ4n) is 2.54. The van der Waals surface area contributed by atoms with Crippen LogP contribution in [0, 0.1) is 0 Å². The smallest absolute Gasteiger partial charge is 0.259 e. The van der Waals surface area contributed by atoms with Crippen LogP contribution in [0.4, 0.5) is 5.69 Å². The van der Waals surface area contributed by atoms with Gasteiger partial charge in [0.15, 0.2) is 5.78 Å². The summed E-state index contributed by atoms with van der Waals surface area (Å²) in [6.45, 7) is 0. The van der Waals surface area contributed by atoms with E-state index in [1.807, 2.05) is 60.7 Å². The SMILES string of the molecule is O=C(Nc1ccccc1)/C(=C\C=C\c1ccccc1)C(=O)c1ccccc1. The lowest BCUT2D eigenvalue weighted by Crippen LogP contribution is -2.20. The fraction of sp³-hybridized carbons (Fsp3) is 0. The van der Waals surface area contributed by atoms with Gasteiger partial charge in [0, 0.05) is 11.3 Å². The van der Waals surface area contributed by atoms with Crippen molar-refractivity contribution in [2.75, 3.05) is 5.32 Å². The molecule has 1 amide bonds. The molecule has 0 atom stereocenters. The van der Waals surface area contributed by atoms with Gasteiger partial charge in [-0.25, -0.2) is 0 Å². The molecule has 0 unspecified atom stereocenters. The minimum absolute atomic E-state index is 0.0808. The molecular formula is C24H19NO2. The van der Waals surface area contributed by atoms with Gasteiger partial charge in [0.1, 0.15) is 0 Å². The average Bonchev–Trinajstić information content (AvgIpc) is 2.73. The molecule has 0 aliphatic heterocycles. The summed E-state index contributed by atoms with van der Waals surface area (Å²) in [6.07, 6.45) is 5.13. The Bertz CT molecular complexity index is 959. The molecule has 0 radical (unpaired) electrons. The van der Waals surface area contributed by atoms with Crippen LogP contribution in [0.3, 0.4) is 0 Å². The van der Waals surface area contributed by atoms with Crippen molar-refractivity contribution < 1.29 is 9.59 Å². The van der Waals surface area contributed by atoms with E-state index in [-0.39, 0.29) is 11.4 Å². The number of para-hydroxylation sites is 1. The standard InChI is InChI=1S/C24H19NO2/c26-23(20-14-6-2-7-15-20)22(18-10-13-19-11-4-1-5-12-19)24(27)25-21-16-8-3-9-17-21/h1-18H,(H,25,27)/b13-10+,22-18-. The van der Waals surface area contributed by atoms with Crippen LogP contribution in [0.5, 0.6) is 0 Å². The first kappa shape index (κ1) is 18.1. The highest BCUT2D eigenvalue weighted by atomic mass is 16.2. The van der Waals surface area contributed by atoms with E-state index >= 15 is 0 Å². The van der Waals surface area contributed by atoms with Crippen molar-refractivity contribution in [2.45, 2.75) is 0 Å². The highest BCUT2D eigenvalue weighted by molar-refractivity contribution is 6.28. The van der Waals surface area contributed by atoms with E-state index < -0.39 is 5.91 Å². The summed E-state index contributed by atoms with van der Waals surface area (Å²) in [5.74, 6) is -0.755. The molecular weight excluding hydrogens is 334 g/mol. The molecule has 0 aromatic heterocycles. The number of hydrogen-bond donors (Lipinski definition) is 1. The summed E-state index contributed by atoms with van der Waals surface area (Å²) in [6, 6.07) is 27.6. The lowest BCUT2D eigenvalue weighted by atomic mass is 10.0. The topological polar surface area (TPSA) is 46.2 Å². The van der Waals surface area contributed by atoms with E-state index in [9.17, 15) is 9.59 Å². The summed E-state index contributed by atoms with van der Waals surface area (Å²) >= 11 is 0. The molecule has 132 valence electrons. The van der Waals surface area contributed by atoms with Gasteiger partial charge in [-0.15, -0.1) is 0 Å². The minimum Gasteiger partial charge on any atom is -0.322 e. The third kappa shape index (κ3) is 5.13. The first-order valence-electron chi connectivity index (χ1n) is 8.63. The van der Waals surface area contributed by atoms with Gasteiger partial charge >= 0.3 is 0 Å². The Morgan fingerprint density at radius 1 is 0.704 bits per heavy atom. The summed E-state index contributed by atoms with van der Waals surface area (Å²) in [4.78, 5) is 25.6. The van der Waals surface area contributed by atoms with Gasteiger partial charge in [0.05, 0.1) is 5.57 Å². The van der Waals surface area contributed by atoms with Gasteiger partial charge in [0.25, 0.3) is 5.91 Å². The predicted molar refractivity (Wildman–Crippen MR) is 109 cm³/mol. The van der Waals surface area contributed by atoms with Crippen LogP contribution in [0.1, 0.15) is 15.9 Å². The molecule has 0 aliphatic rings. The molecule has 3 heteroatoms. The predicted octanol–water partition coefficient (Wildman–Crippen LogP) is 5.15. The highest BCUT2D eigenvalue weighted by Crippen LogP contribution is 2.13. The second kappa shape index (κ2) is 9.11. The molecule has 1 N–H and O–H groups in total. The molecule has 3 aromatic rings. The molecule has 0 bridgehead atoms. The number of carbonyl (C=O) groups excluding carboxylic acids is 2. The molecule has 3 rings (SSSR count). The summed E-state index contributed by atoms with van der Waals surface area (Å²) < 4.78 is 0. The number of Topliss-reactive ketones (excluding diaryl/α,β-unsaturated/α-hetero) is 1. The van der Waals surface area contributed by atoms with Gasteiger partial charge in [-0.1, -0.05) is 91.0 Å². The monoisotopic (exact) mass is 353 g/mol. The van der Waals surface area contributed by atoms with Crippen LogP contribution in [0.25, 0.3) is 6.08 Å². The van der Waals surface area contributed by atoms with E-state index in [1.54, 1.807) is 48.6 Å². The first-order chi connectivity index (χ1) is 13.2. The van der Waals surface area contributed by atoms with E-state index in [0.29, 0.717) is 11.3 Å². The Morgan fingerprint density at radius 2 is 1.26 bits per heavy atom. The van der Waals surface area contributed by atoms with E-state index in [1.165, 1.54) is 0 Å². The van der Waals surface area contributed by atoms with Crippen molar-refractivity contribution in [1.29, 1.82) is 0 Å². The molecule has 0 heterocycles. The Labute approximate surface area is 158 Å². The van der Waals surface area contributed by atoms with E-state index in [0.717, 1.165) is 5.56 Å². The molecule has 27 heavy (non-hydrogen) atoms. The van der Waals surface area contributed by atoms with E-state index in [2.05, 4.69) is 5.32 Å². The highest BCUT2D eigenvalue weighted by Gasteiger charge is 2.19. The van der Waals surface area contributed by atoms with Crippen molar-refractivity contribution in [3.63, 3.8) is 0 Å². The lowest BCUT2D eigenvalue weighted by Gasteiger charge is -2.08. The maximum atomic E-state index is 12.9. The zero-order valence-electron chi connectivity index (χ0n) is 14.7. The maximum Gasteiger partial charge on any atom is 0.259 e. The fourth-order valence-corrected chi connectivity index (χ4v) is 2.54. The van der Waals surface area contributed by atoms with Crippen LogP contribution in [0.15, 0.2) is 109 Å². The zero-order chi connectivity index (χ0) is 18.9. The number of nitrogens with one attached hydrogen (secondary N) is 1. The molecule has 0 aliphatic carbocycles. The Balaban J connectivity index is 1.88. The van der Waals surface area contributed by atoms with Crippen molar-refractivity contribution in [3.8, 4) is 0 Å². The maximum absolute atomic E-state index is 12.9. The van der Waals surface area contributed by atoms with Crippen molar-refractivity contribution >= 4 is 23.5 Å². The lowest BCUT2D eigenvalue weighted by molar-refractivity contribution is -0.112. The van der Waals surface area contributed by atoms with Crippen molar-refractivity contribution in [2.24, 2.45) is 0 Å². The van der Waals surface area contributed by atoms with Gasteiger partial charge in [-0.3, -0.25) is 9.59 Å². The zero-order valence-corrected chi connectivity index (χ0v) is 14.7. The van der Waals surface area contributed by atoms with Crippen LogP contribution in [0.2, 0.25) is 0 Å². The molecule has 0 saturated heterocycles. The van der Waals surface area contributed by atoms with Crippen molar-refractivity contribution in [1.82, 2.24) is 0 Å². The number of carbonyl (C=O) groups is 2. The molecule has 0 fully saturated rings. The largest absolute Gasteiger partial charge is 0.322 e. The third-order valence-corrected chi connectivity index (χ3v) is 3.91. The number of amides is 1. The third-order valence-electron chi connectivity index (χ3n) is 3.91. The van der Waals surface area contributed by atoms with Crippen LogP contribution < -0.4 is 5.32 Å². The average molecular weight is 353 g/mol. The summed E-state index contributed by atoms with van der Waals surface area (Å²) in [5, 5.41) is 2.78. The summed E-state index contributed by atoms with van der Waals surface area (Å²) in [5.41, 5.74) is 2.18. The molecule has 0 spiro atoms. The second-order valence-electron chi connectivity index (χ2n) is 5.87. The number of ketones is 1. The number of rotatable bonds is 6. The summed E-state index contributed by atoms with van der Waals surface area (Å²) in [7, 11) is 0. The van der Waals surface area contributed by atoms with Gasteiger partial charge in [0.2, 0.25) is 0 Å². The number of hydrogen-bond acceptors (Lipinski definition) is 2. The molecule has 3 nitrogen and oxygen atoms in total. The second-order valence-corrected chi connectivity index (χ2v) is 5.87.